The van der Waals surface area contributed by atoms with E-state index in [1.807, 2.05) is 20.9 Å². The van der Waals surface area contributed by atoms with Gasteiger partial charge in [0.15, 0.2) is 0 Å². The summed E-state index contributed by atoms with van der Waals surface area (Å²) in [5.41, 5.74) is 6.73. The van der Waals surface area contributed by atoms with Gasteiger partial charge in [-0.25, -0.2) is 0 Å². The maximum Gasteiger partial charge on any atom is 0.0752 e. The number of hydrogen-bond acceptors (Lipinski definition) is 4. The van der Waals surface area contributed by atoms with E-state index >= 15 is 0 Å². The highest BCUT2D eigenvalue weighted by Crippen LogP contribution is 2.22. The van der Waals surface area contributed by atoms with Crippen molar-refractivity contribution in [1.29, 1.82) is 0 Å². The predicted octanol–water partition coefficient (Wildman–Crippen LogP) is 0.630. The molecule has 14 heavy (non-hydrogen) atoms. The lowest BCUT2D eigenvalue weighted by molar-refractivity contribution is 0.00942. The summed E-state index contributed by atoms with van der Waals surface area (Å²) >= 11 is 0. The molecule has 0 saturated heterocycles. The summed E-state index contributed by atoms with van der Waals surface area (Å²) in [6.07, 6.45) is 2.43. The van der Waals surface area contributed by atoms with E-state index in [0.717, 1.165) is 12.1 Å². The third-order valence-electron chi connectivity index (χ3n) is 2.39. The van der Waals surface area contributed by atoms with Crippen LogP contribution in [0.4, 0.5) is 0 Å². The smallest absolute Gasteiger partial charge is 0.0752 e. The largest absolute Gasteiger partial charge is 0.379 e. The third kappa shape index (κ3) is 2.52. The second-order valence-corrected chi connectivity index (χ2v) is 4.06. The van der Waals surface area contributed by atoms with Crippen molar-refractivity contribution in [2.45, 2.75) is 31.9 Å². The van der Waals surface area contributed by atoms with Crippen LogP contribution in [0.25, 0.3) is 0 Å². The van der Waals surface area contributed by atoms with E-state index in [9.17, 15) is 0 Å². The van der Waals surface area contributed by atoms with Gasteiger partial charge in [-0.05, 0) is 20.3 Å². The molecule has 0 amide bonds. The number of ether oxygens (including phenoxy) is 1. The Balaban J connectivity index is 2.68. The Labute approximate surface area is 84.2 Å². The second kappa shape index (κ2) is 4.06. The molecule has 0 bridgehead atoms. The van der Waals surface area contributed by atoms with E-state index in [4.69, 9.17) is 10.5 Å². The second-order valence-electron chi connectivity index (χ2n) is 4.06. The van der Waals surface area contributed by atoms with E-state index in [0.29, 0.717) is 0 Å². The van der Waals surface area contributed by atoms with Crippen molar-refractivity contribution in [3.63, 3.8) is 0 Å². The first-order chi connectivity index (χ1) is 6.46. The lowest BCUT2D eigenvalue weighted by Crippen LogP contribution is -2.29. The molecule has 5 heteroatoms. The molecular weight excluding hydrogens is 180 g/mol. The molecule has 0 aliphatic rings. The number of methoxy groups -OCH3 is 1. The van der Waals surface area contributed by atoms with Gasteiger partial charge in [0.05, 0.1) is 23.5 Å². The van der Waals surface area contributed by atoms with E-state index < -0.39 is 0 Å². The SMILES string of the molecule is COC(C)(C)CC(N)c1cnnn1C. The van der Waals surface area contributed by atoms with Crippen LogP contribution in [0.2, 0.25) is 0 Å². The molecular formula is C9H18N4O. The first-order valence-corrected chi connectivity index (χ1v) is 4.61. The van der Waals surface area contributed by atoms with Crippen molar-refractivity contribution in [1.82, 2.24) is 15.0 Å². The van der Waals surface area contributed by atoms with Gasteiger partial charge in [0, 0.05) is 14.2 Å². The Morgan fingerprint density at radius 3 is 2.71 bits per heavy atom. The highest BCUT2D eigenvalue weighted by Gasteiger charge is 2.23. The molecule has 0 aliphatic carbocycles. The molecule has 1 heterocycles. The topological polar surface area (TPSA) is 66.0 Å². The summed E-state index contributed by atoms with van der Waals surface area (Å²) in [5, 5.41) is 7.63. The van der Waals surface area contributed by atoms with Crippen molar-refractivity contribution in [3.05, 3.63) is 11.9 Å². The Bertz CT molecular complexity index is 295. The Morgan fingerprint density at radius 1 is 1.64 bits per heavy atom. The number of hydrogen-bond donors (Lipinski definition) is 1. The van der Waals surface area contributed by atoms with Crippen LogP contribution in [0.3, 0.4) is 0 Å². The minimum Gasteiger partial charge on any atom is -0.379 e. The minimum absolute atomic E-state index is 0.0926. The van der Waals surface area contributed by atoms with Crippen LogP contribution in [0.1, 0.15) is 32.0 Å². The maximum absolute atomic E-state index is 6.02. The maximum atomic E-state index is 6.02. The average molecular weight is 198 g/mol. The molecule has 0 spiro atoms. The molecule has 0 aromatic carbocycles. The summed E-state index contributed by atoms with van der Waals surface area (Å²) in [4.78, 5) is 0. The zero-order chi connectivity index (χ0) is 10.8. The molecule has 80 valence electrons. The Morgan fingerprint density at radius 2 is 2.29 bits per heavy atom. The van der Waals surface area contributed by atoms with Crippen LogP contribution in [0.15, 0.2) is 6.20 Å². The monoisotopic (exact) mass is 198 g/mol. The molecule has 1 atom stereocenters. The van der Waals surface area contributed by atoms with Crippen LogP contribution >= 0.6 is 0 Å². The van der Waals surface area contributed by atoms with Gasteiger partial charge in [0.25, 0.3) is 0 Å². The van der Waals surface area contributed by atoms with Crippen LogP contribution in [-0.2, 0) is 11.8 Å². The molecule has 1 aromatic heterocycles. The predicted molar refractivity (Wildman–Crippen MR) is 53.6 cm³/mol. The highest BCUT2D eigenvalue weighted by molar-refractivity contribution is 5.02. The van der Waals surface area contributed by atoms with Crippen molar-refractivity contribution in [3.8, 4) is 0 Å². The van der Waals surface area contributed by atoms with Crippen molar-refractivity contribution < 1.29 is 4.74 Å². The summed E-state index contributed by atoms with van der Waals surface area (Å²) in [6.45, 7) is 4.02. The van der Waals surface area contributed by atoms with Gasteiger partial charge in [0.2, 0.25) is 0 Å². The van der Waals surface area contributed by atoms with E-state index in [2.05, 4.69) is 10.3 Å². The van der Waals surface area contributed by atoms with Gasteiger partial charge in [-0.15, -0.1) is 5.10 Å². The van der Waals surface area contributed by atoms with Gasteiger partial charge < -0.3 is 10.5 Å². The first-order valence-electron chi connectivity index (χ1n) is 4.61. The number of aryl methyl sites for hydroxylation is 1. The fraction of sp³-hybridized carbons (Fsp3) is 0.778. The lowest BCUT2D eigenvalue weighted by Gasteiger charge is -2.26. The zero-order valence-corrected chi connectivity index (χ0v) is 9.19. The number of nitrogens with two attached hydrogens (primary N) is 1. The lowest BCUT2D eigenvalue weighted by atomic mass is 9.97. The van der Waals surface area contributed by atoms with Gasteiger partial charge in [-0.2, -0.15) is 0 Å². The average Bonchev–Trinajstić information content (AvgIpc) is 2.51. The van der Waals surface area contributed by atoms with Crippen LogP contribution in [-0.4, -0.2) is 27.7 Å². The van der Waals surface area contributed by atoms with Crippen molar-refractivity contribution in [2.75, 3.05) is 7.11 Å². The van der Waals surface area contributed by atoms with Crippen LogP contribution in [0.5, 0.6) is 0 Å². The molecule has 2 N–H and O–H groups in total. The normalized spacial score (nSPS) is 14.4. The summed E-state index contributed by atoms with van der Waals surface area (Å²) in [6, 6.07) is -0.0926. The van der Waals surface area contributed by atoms with Crippen molar-refractivity contribution in [2.24, 2.45) is 12.8 Å². The number of nitrogens with zero attached hydrogens (tertiary/aromatic N) is 3. The quantitative estimate of drug-likeness (QED) is 0.770. The summed E-state index contributed by atoms with van der Waals surface area (Å²) in [5.74, 6) is 0. The van der Waals surface area contributed by atoms with Gasteiger partial charge in [-0.3, -0.25) is 4.68 Å². The molecule has 0 fully saturated rings. The molecule has 0 radical (unpaired) electrons. The van der Waals surface area contributed by atoms with E-state index in [1.54, 1.807) is 18.0 Å². The molecule has 1 unspecified atom stereocenters. The first kappa shape index (κ1) is 11.1. The zero-order valence-electron chi connectivity index (χ0n) is 9.19. The van der Waals surface area contributed by atoms with Crippen LogP contribution < -0.4 is 5.73 Å². The van der Waals surface area contributed by atoms with Crippen molar-refractivity contribution >= 4 is 0 Å². The molecule has 1 aromatic rings. The molecule has 0 aliphatic heterocycles. The Hall–Kier alpha value is -0.940. The third-order valence-corrected chi connectivity index (χ3v) is 2.39. The standard InChI is InChI=1S/C9H18N4O/c1-9(2,14-4)5-7(10)8-6-11-12-13(8)3/h6-7H,5,10H2,1-4H3. The van der Waals surface area contributed by atoms with Crippen LogP contribution in [0, 0.1) is 0 Å². The van der Waals surface area contributed by atoms with E-state index in [1.165, 1.54) is 0 Å². The Kier molecular flexibility index (Phi) is 3.23. The summed E-state index contributed by atoms with van der Waals surface area (Å²) in [7, 11) is 3.52. The summed E-state index contributed by atoms with van der Waals surface area (Å²) < 4.78 is 7.01. The van der Waals surface area contributed by atoms with Gasteiger partial charge >= 0.3 is 0 Å². The van der Waals surface area contributed by atoms with Gasteiger partial charge in [-0.1, -0.05) is 5.21 Å². The van der Waals surface area contributed by atoms with E-state index in [-0.39, 0.29) is 11.6 Å². The fourth-order valence-corrected chi connectivity index (χ4v) is 1.35. The number of aromatic nitrogens is 3. The van der Waals surface area contributed by atoms with Gasteiger partial charge in [0.1, 0.15) is 0 Å². The highest BCUT2D eigenvalue weighted by atomic mass is 16.5. The molecule has 0 saturated carbocycles. The minimum atomic E-state index is -0.219. The number of rotatable bonds is 4. The fourth-order valence-electron chi connectivity index (χ4n) is 1.35. The molecule has 5 nitrogen and oxygen atoms in total. The molecule has 1 rings (SSSR count).